The third kappa shape index (κ3) is 4.62. The highest BCUT2D eigenvalue weighted by Gasteiger charge is 2.38. The summed E-state index contributed by atoms with van der Waals surface area (Å²) in [5, 5.41) is 8.92. The first-order valence-electron chi connectivity index (χ1n) is 11.0. The van der Waals surface area contributed by atoms with Gasteiger partial charge in [-0.3, -0.25) is 14.5 Å². The maximum absolute atomic E-state index is 13.1. The third-order valence-corrected chi connectivity index (χ3v) is 6.31. The van der Waals surface area contributed by atoms with Crippen LogP contribution in [-0.4, -0.2) is 54.3 Å². The summed E-state index contributed by atoms with van der Waals surface area (Å²) in [6, 6.07) is 17.8. The lowest BCUT2D eigenvalue weighted by Crippen LogP contribution is -2.50. The minimum absolute atomic E-state index is 0.0405. The molecule has 1 atom stereocenters. The quantitative estimate of drug-likeness (QED) is 0.752. The van der Waals surface area contributed by atoms with Crippen LogP contribution in [0, 0.1) is 17.2 Å². The lowest BCUT2D eigenvalue weighted by atomic mass is 10.1. The zero-order valence-corrected chi connectivity index (χ0v) is 18.0. The predicted molar refractivity (Wildman–Crippen MR) is 119 cm³/mol. The van der Waals surface area contributed by atoms with Crippen LogP contribution in [0.1, 0.15) is 30.0 Å². The van der Waals surface area contributed by atoms with E-state index in [9.17, 15) is 9.59 Å². The number of para-hydroxylation sites is 1. The topological polar surface area (TPSA) is 67.7 Å². The molecule has 2 fully saturated rings. The molecule has 0 aliphatic carbocycles. The lowest BCUT2D eigenvalue weighted by molar-refractivity contribution is -0.137. The Kier molecular flexibility index (Phi) is 6.34. The highest BCUT2D eigenvalue weighted by molar-refractivity contribution is 6.00. The predicted octanol–water partition coefficient (Wildman–Crippen LogP) is 2.82. The molecule has 2 saturated heterocycles. The van der Waals surface area contributed by atoms with Crippen LogP contribution < -0.4 is 4.90 Å². The van der Waals surface area contributed by atoms with E-state index >= 15 is 0 Å². The minimum atomic E-state index is -0.262. The number of nitrogens with zero attached hydrogens (tertiary/aromatic N) is 4. The van der Waals surface area contributed by atoms with E-state index in [0.717, 1.165) is 37.3 Å². The fraction of sp³-hybridized carbons (Fsp3) is 0.400. The van der Waals surface area contributed by atoms with Crippen LogP contribution in [0.25, 0.3) is 0 Å². The summed E-state index contributed by atoms with van der Waals surface area (Å²) in [5.41, 5.74) is 3.92. The standard InChI is InChI=1S/C25H28N4O2/c1-2-21-5-3-4-6-23(21)29-18-22(15-24(29)30)25(31)28-13-11-27(12-14-28)17-20-9-7-19(16-26)8-10-20/h3-10,22H,2,11-15,17-18H2,1H3. The van der Waals surface area contributed by atoms with Crippen LogP contribution in [0.4, 0.5) is 5.69 Å². The van der Waals surface area contributed by atoms with Crippen LogP contribution in [0.2, 0.25) is 0 Å². The Bertz CT molecular complexity index is 987. The number of hydrogen-bond acceptors (Lipinski definition) is 4. The normalized spacial score (nSPS) is 19.5. The first-order chi connectivity index (χ1) is 15.1. The fourth-order valence-electron chi connectivity index (χ4n) is 4.51. The number of aryl methyl sites for hydroxylation is 1. The number of carbonyl (C=O) groups excluding carboxylic acids is 2. The number of amides is 2. The first kappa shape index (κ1) is 21.1. The number of nitriles is 1. The third-order valence-electron chi connectivity index (χ3n) is 6.31. The van der Waals surface area contributed by atoms with E-state index in [1.54, 1.807) is 4.90 Å². The summed E-state index contributed by atoms with van der Waals surface area (Å²) < 4.78 is 0. The van der Waals surface area contributed by atoms with Crippen molar-refractivity contribution in [3.05, 3.63) is 65.2 Å². The first-order valence-corrected chi connectivity index (χ1v) is 11.0. The van der Waals surface area contributed by atoms with E-state index in [-0.39, 0.29) is 17.7 Å². The van der Waals surface area contributed by atoms with Gasteiger partial charge in [0.2, 0.25) is 11.8 Å². The summed E-state index contributed by atoms with van der Waals surface area (Å²) in [5.74, 6) is -0.121. The van der Waals surface area contributed by atoms with Crippen molar-refractivity contribution in [3.8, 4) is 6.07 Å². The molecule has 2 aromatic carbocycles. The Morgan fingerprint density at radius 3 is 2.45 bits per heavy atom. The smallest absolute Gasteiger partial charge is 0.228 e. The molecule has 0 bridgehead atoms. The molecule has 6 nitrogen and oxygen atoms in total. The molecule has 6 heteroatoms. The second-order valence-corrected chi connectivity index (χ2v) is 8.30. The molecule has 2 amide bonds. The summed E-state index contributed by atoms with van der Waals surface area (Å²) in [6.07, 6.45) is 1.15. The zero-order chi connectivity index (χ0) is 21.8. The summed E-state index contributed by atoms with van der Waals surface area (Å²) in [4.78, 5) is 31.8. The molecule has 0 saturated carbocycles. The van der Waals surface area contributed by atoms with Gasteiger partial charge in [0, 0.05) is 51.4 Å². The van der Waals surface area contributed by atoms with Gasteiger partial charge in [0.1, 0.15) is 0 Å². The molecule has 0 N–H and O–H groups in total. The molecule has 4 rings (SSSR count). The van der Waals surface area contributed by atoms with Gasteiger partial charge in [-0.2, -0.15) is 5.26 Å². The van der Waals surface area contributed by atoms with E-state index in [0.29, 0.717) is 31.6 Å². The van der Waals surface area contributed by atoms with Crippen LogP contribution >= 0.6 is 0 Å². The van der Waals surface area contributed by atoms with Crippen molar-refractivity contribution in [3.63, 3.8) is 0 Å². The molecule has 31 heavy (non-hydrogen) atoms. The average molecular weight is 417 g/mol. The van der Waals surface area contributed by atoms with Crippen LogP contribution in [-0.2, 0) is 22.6 Å². The summed E-state index contributed by atoms with van der Waals surface area (Å²) in [6.45, 7) is 6.37. The minimum Gasteiger partial charge on any atom is -0.340 e. The van der Waals surface area contributed by atoms with Gasteiger partial charge in [0.25, 0.3) is 0 Å². The van der Waals surface area contributed by atoms with Gasteiger partial charge in [-0.25, -0.2) is 0 Å². The molecule has 2 heterocycles. The number of carbonyl (C=O) groups is 2. The van der Waals surface area contributed by atoms with Crippen LogP contribution in [0.3, 0.4) is 0 Å². The Morgan fingerprint density at radius 1 is 1.06 bits per heavy atom. The molecular formula is C25H28N4O2. The van der Waals surface area contributed by atoms with Crippen molar-refractivity contribution in [1.82, 2.24) is 9.80 Å². The van der Waals surface area contributed by atoms with Gasteiger partial charge >= 0.3 is 0 Å². The number of benzene rings is 2. The Morgan fingerprint density at radius 2 is 1.77 bits per heavy atom. The summed E-state index contributed by atoms with van der Waals surface area (Å²) >= 11 is 0. The maximum atomic E-state index is 13.1. The highest BCUT2D eigenvalue weighted by atomic mass is 16.2. The van der Waals surface area contributed by atoms with Gasteiger partial charge in [-0.15, -0.1) is 0 Å². The monoisotopic (exact) mass is 416 g/mol. The second-order valence-electron chi connectivity index (χ2n) is 8.30. The molecule has 0 spiro atoms. The molecule has 2 aliphatic heterocycles. The molecule has 0 radical (unpaired) electrons. The van der Waals surface area contributed by atoms with E-state index in [1.807, 2.05) is 53.4 Å². The van der Waals surface area contributed by atoms with E-state index in [2.05, 4.69) is 17.9 Å². The number of anilines is 1. The largest absolute Gasteiger partial charge is 0.340 e. The van der Waals surface area contributed by atoms with Gasteiger partial charge in [-0.05, 0) is 35.7 Å². The SMILES string of the molecule is CCc1ccccc1N1CC(C(=O)N2CCN(Cc3ccc(C#N)cc3)CC2)CC1=O. The average Bonchev–Trinajstić information content (AvgIpc) is 3.21. The van der Waals surface area contributed by atoms with Crippen LogP contribution in [0.5, 0.6) is 0 Å². The van der Waals surface area contributed by atoms with Crippen molar-refractivity contribution in [2.24, 2.45) is 5.92 Å². The molecule has 160 valence electrons. The van der Waals surface area contributed by atoms with E-state index in [4.69, 9.17) is 5.26 Å². The van der Waals surface area contributed by atoms with Gasteiger partial charge < -0.3 is 9.80 Å². The van der Waals surface area contributed by atoms with Gasteiger partial charge in [0.05, 0.1) is 17.6 Å². The number of rotatable bonds is 5. The van der Waals surface area contributed by atoms with E-state index < -0.39 is 0 Å². The molecule has 2 aromatic rings. The fourth-order valence-corrected chi connectivity index (χ4v) is 4.51. The van der Waals surface area contributed by atoms with Gasteiger partial charge in [0.15, 0.2) is 0 Å². The molecule has 0 aromatic heterocycles. The van der Waals surface area contributed by atoms with Crippen molar-refractivity contribution in [2.75, 3.05) is 37.6 Å². The zero-order valence-electron chi connectivity index (χ0n) is 18.0. The lowest BCUT2D eigenvalue weighted by Gasteiger charge is -2.36. The Hall–Kier alpha value is -3.17. The van der Waals surface area contributed by atoms with Crippen molar-refractivity contribution >= 4 is 17.5 Å². The Balaban J connectivity index is 1.32. The number of hydrogen-bond donors (Lipinski definition) is 0. The molecule has 2 aliphatic rings. The highest BCUT2D eigenvalue weighted by Crippen LogP contribution is 2.29. The van der Waals surface area contributed by atoms with Crippen LogP contribution in [0.15, 0.2) is 48.5 Å². The van der Waals surface area contributed by atoms with Gasteiger partial charge in [-0.1, -0.05) is 37.3 Å². The molecular weight excluding hydrogens is 388 g/mol. The van der Waals surface area contributed by atoms with Crippen molar-refractivity contribution in [1.29, 1.82) is 5.26 Å². The summed E-state index contributed by atoms with van der Waals surface area (Å²) in [7, 11) is 0. The van der Waals surface area contributed by atoms with Crippen molar-refractivity contribution in [2.45, 2.75) is 26.3 Å². The number of piperazine rings is 1. The van der Waals surface area contributed by atoms with Crippen molar-refractivity contribution < 1.29 is 9.59 Å². The van der Waals surface area contributed by atoms with E-state index in [1.165, 1.54) is 5.56 Å². The maximum Gasteiger partial charge on any atom is 0.228 e. The molecule has 1 unspecified atom stereocenters. The Labute approximate surface area is 183 Å². The second kappa shape index (κ2) is 9.32.